The van der Waals surface area contributed by atoms with Crippen molar-refractivity contribution in [3.63, 3.8) is 0 Å². The SMILES string of the molecule is NC1CCC(NC2CC2c2ccccc2)C1. The van der Waals surface area contributed by atoms with Gasteiger partial charge in [0.05, 0.1) is 0 Å². The lowest BCUT2D eigenvalue weighted by molar-refractivity contribution is 0.508. The molecule has 4 atom stereocenters. The molecule has 4 unspecified atom stereocenters. The Morgan fingerprint density at radius 1 is 1.06 bits per heavy atom. The van der Waals surface area contributed by atoms with Crippen LogP contribution in [0, 0.1) is 0 Å². The maximum Gasteiger partial charge on any atom is 0.0145 e. The molecule has 2 aliphatic carbocycles. The first-order valence-electron chi connectivity index (χ1n) is 6.39. The van der Waals surface area contributed by atoms with Crippen LogP contribution < -0.4 is 11.1 Å². The molecule has 0 heterocycles. The van der Waals surface area contributed by atoms with Gasteiger partial charge in [-0.05, 0) is 31.2 Å². The molecule has 3 N–H and O–H groups in total. The largest absolute Gasteiger partial charge is 0.328 e. The Balaban J connectivity index is 1.53. The fourth-order valence-corrected chi connectivity index (χ4v) is 2.92. The zero-order valence-electron chi connectivity index (χ0n) is 9.60. The highest BCUT2D eigenvalue weighted by Crippen LogP contribution is 2.41. The number of rotatable bonds is 3. The summed E-state index contributed by atoms with van der Waals surface area (Å²) in [4.78, 5) is 0. The molecule has 2 aliphatic rings. The first kappa shape index (κ1) is 10.3. The first-order chi connectivity index (χ1) is 7.83. The average Bonchev–Trinajstić information content (AvgIpc) is 2.95. The number of hydrogen-bond donors (Lipinski definition) is 2. The van der Waals surface area contributed by atoms with Gasteiger partial charge in [0.25, 0.3) is 0 Å². The minimum absolute atomic E-state index is 0.437. The molecule has 2 fully saturated rings. The molecule has 16 heavy (non-hydrogen) atoms. The number of nitrogens with one attached hydrogen (secondary N) is 1. The van der Waals surface area contributed by atoms with Crippen LogP contribution in [0.1, 0.15) is 37.2 Å². The summed E-state index contributed by atoms with van der Waals surface area (Å²) in [6.07, 6.45) is 4.92. The highest BCUT2D eigenvalue weighted by molar-refractivity contribution is 5.27. The van der Waals surface area contributed by atoms with Crippen molar-refractivity contribution < 1.29 is 0 Å². The summed E-state index contributed by atoms with van der Waals surface area (Å²) in [6, 6.07) is 12.7. The van der Waals surface area contributed by atoms with Crippen LogP contribution in [0.5, 0.6) is 0 Å². The van der Waals surface area contributed by atoms with Crippen LogP contribution in [-0.4, -0.2) is 18.1 Å². The van der Waals surface area contributed by atoms with E-state index >= 15 is 0 Å². The van der Waals surface area contributed by atoms with Crippen molar-refractivity contribution in [1.29, 1.82) is 0 Å². The van der Waals surface area contributed by atoms with Crippen molar-refractivity contribution in [2.24, 2.45) is 5.73 Å². The lowest BCUT2D eigenvalue weighted by atomic mass is 10.1. The predicted molar refractivity (Wildman–Crippen MR) is 66.3 cm³/mol. The molecule has 2 saturated carbocycles. The van der Waals surface area contributed by atoms with Gasteiger partial charge in [-0.15, -0.1) is 0 Å². The zero-order chi connectivity index (χ0) is 11.0. The highest BCUT2D eigenvalue weighted by Gasteiger charge is 2.40. The van der Waals surface area contributed by atoms with Crippen LogP contribution in [-0.2, 0) is 0 Å². The van der Waals surface area contributed by atoms with Crippen molar-refractivity contribution in [3.05, 3.63) is 35.9 Å². The maximum absolute atomic E-state index is 5.93. The molecule has 0 radical (unpaired) electrons. The molecule has 0 saturated heterocycles. The van der Waals surface area contributed by atoms with Crippen LogP contribution in [0.25, 0.3) is 0 Å². The molecule has 0 bridgehead atoms. The number of nitrogens with two attached hydrogens (primary N) is 1. The van der Waals surface area contributed by atoms with E-state index < -0.39 is 0 Å². The van der Waals surface area contributed by atoms with Crippen molar-refractivity contribution in [3.8, 4) is 0 Å². The van der Waals surface area contributed by atoms with Crippen LogP contribution in [0.2, 0.25) is 0 Å². The first-order valence-corrected chi connectivity index (χ1v) is 6.39. The smallest absolute Gasteiger partial charge is 0.0145 e. The Morgan fingerprint density at radius 2 is 1.88 bits per heavy atom. The van der Waals surface area contributed by atoms with Gasteiger partial charge in [-0.25, -0.2) is 0 Å². The average molecular weight is 216 g/mol. The summed E-state index contributed by atoms with van der Waals surface area (Å²) < 4.78 is 0. The molecule has 86 valence electrons. The van der Waals surface area contributed by atoms with E-state index in [1.807, 2.05) is 0 Å². The van der Waals surface area contributed by atoms with E-state index in [0.29, 0.717) is 18.1 Å². The van der Waals surface area contributed by atoms with Crippen LogP contribution in [0.3, 0.4) is 0 Å². The summed E-state index contributed by atoms with van der Waals surface area (Å²) >= 11 is 0. The van der Waals surface area contributed by atoms with E-state index in [9.17, 15) is 0 Å². The standard InChI is InChI=1S/C14H20N2/c15-11-6-7-12(8-11)16-14-9-13(14)10-4-2-1-3-5-10/h1-5,11-14,16H,6-9,15H2. The van der Waals surface area contributed by atoms with Gasteiger partial charge >= 0.3 is 0 Å². The molecule has 3 rings (SSSR count). The van der Waals surface area contributed by atoms with Crippen LogP contribution in [0.15, 0.2) is 30.3 Å². The molecule has 1 aromatic carbocycles. The van der Waals surface area contributed by atoms with Crippen molar-refractivity contribution in [1.82, 2.24) is 5.32 Å². The van der Waals surface area contributed by atoms with Gasteiger partial charge in [0, 0.05) is 24.0 Å². The molecule has 2 nitrogen and oxygen atoms in total. The van der Waals surface area contributed by atoms with Crippen LogP contribution >= 0.6 is 0 Å². The van der Waals surface area contributed by atoms with Crippen molar-refractivity contribution in [2.75, 3.05) is 0 Å². The molecule has 2 heteroatoms. The van der Waals surface area contributed by atoms with E-state index in [1.54, 1.807) is 0 Å². The summed E-state index contributed by atoms with van der Waals surface area (Å²) in [6.45, 7) is 0. The minimum Gasteiger partial charge on any atom is -0.328 e. The fourth-order valence-electron chi connectivity index (χ4n) is 2.92. The van der Waals surface area contributed by atoms with Crippen LogP contribution in [0.4, 0.5) is 0 Å². The van der Waals surface area contributed by atoms with E-state index in [2.05, 4.69) is 35.6 Å². The lowest BCUT2D eigenvalue weighted by Gasteiger charge is -2.11. The van der Waals surface area contributed by atoms with Gasteiger partial charge in [0.15, 0.2) is 0 Å². The Kier molecular flexibility index (Phi) is 2.70. The Labute approximate surface area is 97.2 Å². The third-order valence-electron chi connectivity index (χ3n) is 3.94. The second kappa shape index (κ2) is 4.19. The zero-order valence-corrected chi connectivity index (χ0v) is 9.60. The molecule has 0 aliphatic heterocycles. The van der Waals surface area contributed by atoms with E-state index in [4.69, 9.17) is 5.73 Å². The molecule has 1 aromatic rings. The Morgan fingerprint density at radius 3 is 2.56 bits per heavy atom. The molecule has 0 amide bonds. The fraction of sp³-hybridized carbons (Fsp3) is 0.571. The monoisotopic (exact) mass is 216 g/mol. The van der Waals surface area contributed by atoms with E-state index in [-0.39, 0.29) is 0 Å². The quantitative estimate of drug-likeness (QED) is 0.811. The van der Waals surface area contributed by atoms with Gasteiger partial charge in [-0.2, -0.15) is 0 Å². The third kappa shape index (κ3) is 2.13. The van der Waals surface area contributed by atoms with E-state index in [1.165, 1.54) is 24.8 Å². The minimum atomic E-state index is 0.437. The summed E-state index contributed by atoms with van der Waals surface area (Å²) in [5.74, 6) is 0.748. The highest BCUT2D eigenvalue weighted by atomic mass is 15.0. The molecule has 0 spiro atoms. The predicted octanol–water partition coefficient (Wildman–Crippen LogP) is 2.01. The Hall–Kier alpha value is -0.860. The van der Waals surface area contributed by atoms with Gasteiger partial charge in [0.1, 0.15) is 0 Å². The molecule has 0 aromatic heterocycles. The van der Waals surface area contributed by atoms with Gasteiger partial charge < -0.3 is 11.1 Å². The summed E-state index contributed by atoms with van der Waals surface area (Å²) in [5.41, 5.74) is 7.42. The number of benzene rings is 1. The Bertz CT molecular complexity index is 349. The van der Waals surface area contributed by atoms with E-state index in [0.717, 1.165) is 12.3 Å². The van der Waals surface area contributed by atoms with Gasteiger partial charge in [-0.3, -0.25) is 0 Å². The van der Waals surface area contributed by atoms with Crippen molar-refractivity contribution in [2.45, 2.75) is 49.7 Å². The van der Waals surface area contributed by atoms with Crippen molar-refractivity contribution >= 4 is 0 Å². The molecular weight excluding hydrogens is 196 g/mol. The normalized spacial score (nSPS) is 37.6. The molecular formula is C14H20N2. The third-order valence-corrected chi connectivity index (χ3v) is 3.94. The van der Waals surface area contributed by atoms with Gasteiger partial charge in [-0.1, -0.05) is 30.3 Å². The number of hydrogen-bond acceptors (Lipinski definition) is 2. The van der Waals surface area contributed by atoms with Gasteiger partial charge in [0.2, 0.25) is 0 Å². The summed E-state index contributed by atoms with van der Waals surface area (Å²) in [5, 5.41) is 3.75. The maximum atomic E-state index is 5.93. The topological polar surface area (TPSA) is 38.0 Å². The lowest BCUT2D eigenvalue weighted by Crippen LogP contribution is -2.30. The second-order valence-corrected chi connectivity index (χ2v) is 5.30. The summed E-state index contributed by atoms with van der Waals surface area (Å²) in [7, 11) is 0. The second-order valence-electron chi connectivity index (χ2n) is 5.30.